The number of aromatic amines is 1. The van der Waals surface area contributed by atoms with Gasteiger partial charge in [-0.25, -0.2) is 9.97 Å². The number of nitrogens with zero attached hydrogens (tertiary/aromatic N) is 2. The lowest BCUT2D eigenvalue weighted by molar-refractivity contribution is -0.124. The third kappa shape index (κ3) is 5.53. The largest absolute Gasteiger partial charge is 0.497 e. The fraction of sp³-hybridized carbons (Fsp3) is 0.481. The van der Waals surface area contributed by atoms with E-state index in [1.807, 2.05) is 25.1 Å². The third-order valence-corrected chi connectivity index (χ3v) is 7.18. The second-order valence-electron chi connectivity index (χ2n) is 9.93. The zero-order valence-corrected chi connectivity index (χ0v) is 21.2. The molecule has 0 spiro atoms. The maximum atomic E-state index is 13.4. The monoisotopic (exact) mass is 507 g/mol. The lowest BCUT2D eigenvalue weighted by atomic mass is 9.91. The van der Waals surface area contributed by atoms with Crippen molar-refractivity contribution in [2.24, 2.45) is 5.92 Å². The summed E-state index contributed by atoms with van der Waals surface area (Å²) in [6, 6.07) is 5.69. The Morgan fingerprint density at radius 1 is 1.08 bits per heavy atom. The van der Waals surface area contributed by atoms with Crippen molar-refractivity contribution in [3.63, 3.8) is 0 Å². The Balaban J connectivity index is 1.38. The molecule has 2 saturated carbocycles. The van der Waals surface area contributed by atoms with E-state index in [0.29, 0.717) is 46.3 Å². The van der Waals surface area contributed by atoms with E-state index in [9.17, 15) is 9.59 Å². The molecule has 1 aromatic carbocycles. The average molecular weight is 508 g/mol. The maximum Gasteiger partial charge on any atom is 0.255 e. The summed E-state index contributed by atoms with van der Waals surface area (Å²) in [5.74, 6) is 1.45. The van der Waals surface area contributed by atoms with Crippen molar-refractivity contribution in [3.05, 3.63) is 35.8 Å². The lowest BCUT2D eigenvalue weighted by Gasteiger charge is -2.29. The molecule has 3 aromatic rings. The van der Waals surface area contributed by atoms with Gasteiger partial charge in [0.25, 0.3) is 5.91 Å². The van der Waals surface area contributed by atoms with Crippen molar-refractivity contribution in [3.8, 4) is 22.8 Å². The van der Waals surface area contributed by atoms with Crippen LogP contribution in [0.15, 0.2) is 24.5 Å². The number of carbonyl (C=O) groups excluding carboxylic acids is 2. The molecule has 2 aliphatic rings. The highest BCUT2D eigenvalue weighted by Gasteiger charge is 2.27. The van der Waals surface area contributed by atoms with Gasteiger partial charge in [-0.05, 0) is 69.6 Å². The molecule has 10 nitrogen and oxygen atoms in total. The Morgan fingerprint density at radius 3 is 2.49 bits per heavy atom. The summed E-state index contributed by atoms with van der Waals surface area (Å²) in [7, 11) is 1.62. The van der Waals surface area contributed by atoms with Crippen LogP contribution in [-0.2, 0) is 4.79 Å². The quantitative estimate of drug-likeness (QED) is 0.349. The van der Waals surface area contributed by atoms with Gasteiger partial charge in [0.05, 0.1) is 24.8 Å². The van der Waals surface area contributed by atoms with E-state index in [1.54, 1.807) is 7.11 Å². The van der Waals surface area contributed by atoms with Crippen LogP contribution in [0.3, 0.4) is 0 Å². The van der Waals surface area contributed by atoms with E-state index in [4.69, 9.17) is 14.6 Å². The zero-order chi connectivity index (χ0) is 25.9. The van der Waals surface area contributed by atoms with Crippen molar-refractivity contribution in [2.75, 3.05) is 20.3 Å². The van der Waals surface area contributed by atoms with Crippen molar-refractivity contribution in [1.29, 1.82) is 0 Å². The molecule has 0 atom stereocenters. The Labute approximate surface area is 215 Å². The number of rotatable bonds is 9. The topological polar surface area (TPSA) is 138 Å². The number of benzene rings is 1. The minimum absolute atomic E-state index is 0.00115. The predicted molar refractivity (Wildman–Crippen MR) is 138 cm³/mol. The van der Waals surface area contributed by atoms with Crippen LogP contribution in [0.5, 0.6) is 11.5 Å². The van der Waals surface area contributed by atoms with Crippen molar-refractivity contribution < 1.29 is 24.2 Å². The summed E-state index contributed by atoms with van der Waals surface area (Å²) in [6.07, 6.45) is 6.84. The van der Waals surface area contributed by atoms with E-state index >= 15 is 0 Å². The molecular weight excluding hydrogens is 474 g/mol. The van der Waals surface area contributed by atoms with Gasteiger partial charge in [-0.2, -0.15) is 0 Å². The molecule has 196 valence electrons. The second-order valence-corrected chi connectivity index (χ2v) is 9.93. The van der Waals surface area contributed by atoms with Gasteiger partial charge in [0.15, 0.2) is 0 Å². The summed E-state index contributed by atoms with van der Waals surface area (Å²) in [5.41, 5.74) is 3.87. The molecule has 2 amide bonds. The molecule has 2 heterocycles. The molecule has 2 aliphatic carbocycles. The average Bonchev–Trinajstić information content (AvgIpc) is 3.67. The zero-order valence-electron chi connectivity index (χ0n) is 21.2. The molecule has 37 heavy (non-hydrogen) atoms. The van der Waals surface area contributed by atoms with Crippen LogP contribution in [0.4, 0.5) is 0 Å². The molecular formula is C27H33N5O5. The van der Waals surface area contributed by atoms with E-state index in [-0.39, 0.29) is 23.9 Å². The smallest absolute Gasteiger partial charge is 0.255 e. The van der Waals surface area contributed by atoms with Gasteiger partial charge < -0.3 is 30.2 Å². The molecule has 4 N–H and O–H groups in total. The number of hydrogen-bond acceptors (Lipinski definition) is 7. The van der Waals surface area contributed by atoms with E-state index in [0.717, 1.165) is 37.0 Å². The Bertz CT molecular complexity index is 1290. The fourth-order valence-corrected chi connectivity index (χ4v) is 4.96. The summed E-state index contributed by atoms with van der Waals surface area (Å²) in [5, 5.41) is 14.9. The minimum atomic E-state index is -0.510. The SMILES string of the molecule is COc1ccc(OCC2CC2)c(-c2ncnc3c(C(=O)N[C@H]4CC[C@H](NC(=O)CO)CC4)c(C)[nH]c23)c1. The minimum Gasteiger partial charge on any atom is -0.497 e. The first kappa shape index (κ1) is 25.0. The van der Waals surface area contributed by atoms with Gasteiger partial charge >= 0.3 is 0 Å². The van der Waals surface area contributed by atoms with Gasteiger partial charge in [-0.15, -0.1) is 0 Å². The van der Waals surface area contributed by atoms with E-state index in [1.165, 1.54) is 19.2 Å². The number of aryl methyl sites for hydroxylation is 1. The third-order valence-electron chi connectivity index (χ3n) is 7.18. The molecule has 0 radical (unpaired) electrons. The normalized spacial score (nSPS) is 19.4. The molecule has 0 saturated heterocycles. The molecule has 2 fully saturated rings. The number of ether oxygens (including phenoxy) is 2. The van der Waals surface area contributed by atoms with Crippen LogP contribution < -0.4 is 20.1 Å². The van der Waals surface area contributed by atoms with Crippen LogP contribution in [0.25, 0.3) is 22.3 Å². The van der Waals surface area contributed by atoms with Gasteiger partial charge in [-0.1, -0.05) is 0 Å². The molecule has 0 aliphatic heterocycles. The van der Waals surface area contributed by atoms with Crippen LogP contribution >= 0.6 is 0 Å². The Morgan fingerprint density at radius 2 is 1.81 bits per heavy atom. The molecule has 5 rings (SSSR count). The van der Waals surface area contributed by atoms with Crippen LogP contribution in [0.2, 0.25) is 0 Å². The van der Waals surface area contributed by atoms with Gasteiger partial charge in [-0.3, -0.25) is 9.59 Å². The van der Waals surface area contributed by atoms with Crippen molar-refractivity contribution in [1.82, 2.24) is 25.6 Å². The molecule has 2 aromatic heterocycles. The predicted octanol–water partition coefficient (Wildman–Crippen LogP) is 2.88. The van der Waals surface area contributed by atoms with Gasteiger partial charge in [0.2, 0.25) is 5.91 Å². The number of nitrogens with one attached hydrogen (secondary N) is 3. The highest BCUT2D eigenvalue weighted by molar-refractivity contribution is 6.09. The molecule has 0 unspecified atom stereocenters. The highest BCUT2D eigenvalue weighted by atomic mass is 16.5. The number of aliphatic hydroxyl groups is 1. The Hall–Kier alpha value is -3.66. The first-order valence-electron chi connectivity index (χ1n) is 12.8. The number of aromatic nitrogens is 3. The lowest BCUT2D eigenvalue weighted by Crippen LogP contribution is -2.44. The van der Waals surface area contributed by atoms with Crippen molar-refractivity contribution in [2.45, 2.75) is 57.5 Å². The molecule has 0 bridgehead atoms. The molecule has 10 heteroatoms. The van der Waals surface area contributed by atoms with Crippen LogP contribution in [0, 0.1) is 12.8 Å². The first-order chi connectivity index (χ1) is 18.0. The van der Waals surface area contributed by atoms with E-state index < -0.39 is 6.61 Å². The highest BCUT2D eigenvalue weighted by Crippen LogP contribution is 2.38. The number of fused-ring (bicyclic) bond motifs is 1. The summed E-state index contributed by atoms with van der Waals surface area (Å²) < 4.78 is 11.6. The van der Waals surface area contributed by atoms with Crippen molar-refractivity contribution >= 4 is 22.8 Å². The van der Waals surface area contributed by atoms with Crippen LogP contribution in [-0.4, -0.2) is 64.3 Å². The first-order valence-corrected chi connectivity index (χ1v) is 12.8. The summed E-state index contributed by atoms with van der Waals surface area (Å²) in [6.45, 7) is 2.01. The number of methoxy groups -OCH3 is 1. The Kier molecular flexibility index (Phi) is 7.27. The summed E-state index contributed by atoms with van der Waals surface area (Å²) >= 11 is 0. The second kappa shape index (κ2) is 10.8. The fourth-order valence-electron chi connectivity index (χ4n) is 4.96. The van der Waals surface area contributed by atoms with Gasteiger partial charge in [0, 0.05) is 23.3 Å². The standard InChI is InChI=1S/C27H33N5O5/c1-15-23(27(35)32-18-7-5-17(6-8-18)31-22(34)12-33)25-26(30-15)24(28-14-29-25)20-11-19(36-2)9-10-21(20)37-13-16-3-4-16/h9-11,14,16-18,30,33H,3-8,12-13H2,1-2H3,(H,31,34)(H,32,35)/t17-,18-. The van der Waals surface area contributed by atoms with E-state index in [2.05, 4.69) is 25.6 Å². The number of H-pyrrole nitrogens is 1. The number of hydrogen-bond donors (Lipinski definition) is 4. The van der Waals surface area contributed by atoms with Gasteiger partial charge in [0.1, 0.15) is 35.6 Å². The summed E-state index contributed by atoms with van der Waals surface area (Å²) in [4.78, 5) is 37.2. The number of aliphatic hydroxyl groups excluding tert-OH is 1. The number of amides is 2. The maximum absolute atomic E-state index is 13.4. The number of carbonyl (C=O) groups is 2. The van der Waals surface area contributed by atoms with Crippen LogP contribution in [0.1, 0.15) is 54.6 Å².